The number of nitrogens with one attached hydrogen (secondary N) is 1. The fourth-order valence-corrected chi connectivity index (χ4v) is 7.41. The number of aliphatic hydroxyl groups is 2. The summed E-state index contributed by atoms with van der Waals surface area (Å²) in [7, 11) is 1.34. The first-order valence-corrected chi connectivity index (χ1v) is 16.2. The molecule has 0 saturated carbocycles. The van der Waals surface area contributed by atoms with Crippen LogP contribution in [0, 0.1) is 11.3 Å². The molecule has 2 saturated heterocycles. The number of hydrogen-bond acceptors (Lipinski definition) is 14. The van der Waals surface area contributed by atoms with E-state index in [2.05, 4.69) is 11.4 Å². The fourth-order valence-electron chi connectivity index (χ4n) is 7.41. The molecule has 0 spiro atoms. The Bertz CT molecular complexity index is 1740. The average molecular weight is 681 g/mol. The molecule has 4 aliphatic rings. The summed E-state index contributed by atoms with van der Waals surface area (Å²) < 4.78 is 30.1. The number of phenols is 2. The topological polar surface area (TPSA) is 214 Å². The summed E-state index contributed by atoms with van der Waals surface area (Å²) in [5.74, 6) is -3.29. The second kappa shape index (κ2) is 13.1. The van der Waals surface area contributed by atoms with E-state index in [0.29, 0.717) is 0 Å². The minimum atomic E-state index is -2.06. The summed E-state index contributed by atoms with van der Waals surface area (Å²) in [6.07, 6.45) is -6.36. The molecule has 10 atom stereocenters. The highest BCUT2D eigenvalue weighted by atomic mass is 16.7. The second-order valence-corrected chi connectivity index (χ2v) is 13.3. The number of carbonyl (C=O) groups is 3. The van der Waals surface area contributed by atoms with Crippen molar-refractivity contribution < 1.29 is 58.5 Å². The Morgan fingerprint density at radius 1 is 1.10 bits per heavy atom. The number of nitrogens with zero attached hydrogens (tertiary/aromatic N) is 1. The Labute approximate surface area is 282 Å². The van der Waals surface area contributed by atoms with Crippen LogP contribution in [0.2, 0.25) is 0 Å². The van der Waals surface area contributed by atoms with Crippen molar-refractivity contribution in [3.8, 4) is 23.3 Å². The molecule has 14 nitrogen and oxygen atoms in total. The Morgan fingerprint density at radius 2 is 1.82 bits per heavy atom. The molecule has 49 heavy (non-hydrogen) atoms. The van der Waals surface area contributed by atoms with Gasteiger partial charge in [0.15, 0.2) is 24.1 Å². The zero-order valence-corrected chi connectivity index (χ0v) is 27.8. The third kappa shape index (κ3) is 5.99. The van der Waals surface area contributed by atoms with Crippen molar-refractivity contribution in [3.63, 3.8) is 0 Å². The van der Waals surface area contributed by atoms with Crippen LogP contribution in [0.1, 0.15) is 96.0 Å². The van der Waals surface area contributed by atoms with Gasteiger partial charge in [0.25, 0.3) is 0 Å². The summed E-state index contributed by atoms with van der Waals surface area (Å²) in [4.78, 5) is 40.5. The van der Waals surface area contributed by atoms with Gasteiger partial charge in [-0.05, 0) is 33.8 Å². The standard InChI is InChI=1S/C35H40N2O12/c1-14(38)9-24-46-15(2)21(13-36)37-20-10-25(47-16(3)34(20)49-24)48-23-12-35(44,17(4)39)11-19-27(23)33(43)29-28(31(19)41)30(40)18-7-6-8-22(45-5)26(18)32(29)42/h6-8,14-16,20-21,23-25,34,37-38,41,43-44H,9-12H2,1-5H3/t14?,15?,16-,20-,21?,23-,24?,25-,34+,35-/m0/s1. The Hall–Kier alpha value is -3.94. The van der Waals surface area contributed by atoms with Crippen LogP contribution in [0.3, 0.4) is 0 Å². The normalized spacial score (nSPS) is 33.1. The number of Topliss-reactive ketones (excluding diaryl/α,β-unsaturated/α-hetero) is 1. The van der Waals surface area contributed by atoms with Crippen LogP contribution >= 0.6 is 0 Å². The quantitative estimate of drug-likeness (QED) is 0.236. The van der Waals surface area contributed by atoms with E-state index in [1.165, 1.54) is 32.2 Å². The molecule has 6 rings (SSSR count). The molecule has 0 amide bonds. The van der Waals surface area contributed by atoms with E-state index in [0.717, 1.165) is 0 Å². The summed E-state index contributed by atoms with van der Waals surface area (Å²) in [6, 6.07) is 5.36. The van der Waals surface area contributed by atoms with Gasteiger partial charge in [-0.15, -0.1) is 0 Å². The zero-order chi connectivity index (χ0) is 35.5. The lowest BCUT2D eigenvalue weighted by Gasteiger charge is -2.46. The molecule has 5 N–H and O–H groups in total. The minimum Gasteiger partial charge on any atom is -0.507 e. The minimum absolute atomic E-state index is 0.0314. The highest BCUT2D eigenvalue weighted by Gasteiger charge is 2.50. The van der Waals surface area contributed by atoms with E-state index in [4.69, 9.17) is 23.7 Å². The average Bonchev–Trinajstić information content (AvgIpc) is 3.03. The van der Waals surface area contributed by atoms with Gasteiger partial charge in [0.1, 0.15) is 35.0 Å². The Morgan fingerprint density at radius 3 is 2.47 bits per heavy atom. The number of rotatable bonds is 6. The van der Waals surface area contributed by atoms with E-state index in [9.17, 15) is 40.1 Å². The van der Waals surface area contributed by atoms with Crippen molar-refractivity contribution in [2.24, 2.45) is 0 Å². The Balaban J connectivity index is 1.39. The van der Waals surface area contributed by atoms with Crippen molar-refractivity contribution in [2.45, 2.75) is 114 Å². The van der Waals surface area contributed by atoms with E-state index >= 15 is 0 Å². The lowest BCUT2D eigenvalue weighted by atomic mass is 9.72. The highest BCUT2D eigenvalue weighted by Crippen LogP contribution is 2.52. The number of nitriles is 1. The first-order valence-electron chi connectivity index (χ1n) is 16.2. The summed E-state index contributed by atoms with van der Waals surface area (Å²) in [6.45, 7) is 6.23. The summed E-state index contributed by atoms with van der Waals surface area (Å²) >= 11 is 0. The van der Waals surface area contributed by atoms with E-state index in [1.54, 1.807) is 20.8 Å². The van der Waals surface area contributed by atoms with Crippen LogP contribution in [0.5, 0.6) is 17.2 Å². The molecular weight excluding hydrogens is 640 g/mol. The van der Waals surface area contributed by atoms with Crippen LogP contribution in [0.15, 0.2) is 18.2 Å². The molecule has 262 valence electrons. The maximum absolute atomic E-state index is 13.9. The number of fused-ring (bicyclic) bond motifs is 4. The SMILES string of the molecule is COc1cccc2c1C(=O)c1c(O)c3c(c(O)c1C2=O)C[C@@](O)(C(C)=O)C[C@@H]3O[C@H]1C[C@@H]2NC(C#N)C(C)OC(CC(C)O)O[C@@H]2[C@H](C)O1. The number of hydrogen-bond donors (Lipinski definition) is 5. The van der Waals surface area contributed by atoms with Crippen LogP contribution in [-0.4, -0.2) is 99.6 Å². The predicted octanol–water partition coefficient (Wildman–Crippen LogP) is 2.09. The van der Waals surface area contributed by atoms with Gasteiger partial charge in [0, 0.05) is 48.4 Å². The molecule has 2 heterocycles. The van der Waals surface area contributed by atoms with Gasteiger partial charge in [-0.2, -0.15) is 5.26 Å². The number of aromatic hydroxyl groups is 2. The second-order valence-electron chi connectivity index (χ2n) is 13.3. The van der Waals surface area contributed by atoms with E-state index < -0.39 is 107 Å². The molecule has 2 aliphatic carbocycles. The number of ketones is 3. The lowest BCUT2D eigenvalue weighted by molar-refractivity contribution is -0.295. The summed E-state index contributed by atoms with van der Waals surface area (Å²) in [5.41, 5.74) is -3.22. The molecule has 14 heteroatoms. The van der Waals surface area contributed by atoms with Gasteiger partial charge in [-0.3, -0.25) is 19.7 Å². The van der Waals surface area contributed by atoms with E-state index in [-0.39, 0.29) is 47.3 Å². The smallest absolute Gasteiger partial charge is 0.202 e. The van der Waals surface area contributed by atoms with Crippen molar-refractivity contribution >= 4 is 17.3 Å². The zero-order valence-electron chi connectivity index (χ0n) is 27.8. The van der Waals surface area contributed by atoms with Gasteiger partial charge in [0.2, 0.25) is 5.78 Å². The number of carbonyl (C=O) groups excluding carboxylic acids is 3. The third-order valence-corrected chi connectivity index (χ3v) is 9.93. The first kappa shape index (κ1) is 34.9. The van der Waals surface area contributed by atoms with Crippen LogP contribution in [-0.2, 0) is 30.2 Å². The monoisotopic (exact) mass is 680 g/mol. The number of phenolic OH excluding ortho intramolecular Hbond substituents is 2. The van der Waals surface area contributed by atoms with Crippen molar-refractivity contribution in [2.75, 3.05) is 7.11 Å². The molecule has 0 aromatic heterocycles. The lowest BCUT2D eigenvalue weighted by Crippen LogP contribution is -2.62. The van der Waals surface area contributed by atoms with Gasteiger partial charge < -0.3 is 44.1 Å². The predicted molar refractivity (Wildman–Crippen MR) is 168 cm³/mol. The molecular formula is C35H40N2O12. The van der Waals surface area contributed by atoms with Crippen molar-refractivity contribution in [1.29, 1.82) is 5.26 Å². The fraction of sp³-hybridized carbons (Fsp3) is 0.543. The van der Waals surface area contributed by atoms with Gasteiger partial charge >= 0.3 is 0 Å². The van der Waals surface area contributed by atoms with Gasteiger partial charge in [-0.25, -0.2) is 0 Å². The molecule has 0 radical (unpaired) electrons. The highest BCUT2D eigenvalue weighted by molar-refractivity contribution is 6.31. The largest absolute Gasteiger partial charge is 0.507 e. The van der Waals surface area contributed by atoms with E-state index in [1.807, 2.05) is 0 Å². The van der Waals surface area contributed by atoms with Gasteiger partial charge in [-0.1, -0.05) is 12.1 Å². The van der Waals surface area contributed by atoms with Crippen molar-refractivity contribution in [3.05, 3.63) is 51.6 Å². The molecule has 0 bridgehead atoms. The molecule has 2 aliphatic heterocycles. The van der Waals surface area contributed by atoms with Crippen LogP contribution in [0.25, 0.3) is 0 Å². The molecule has 2 aromatic carbocycles. The molecule has 2 aromatic rings. The number of ether oxygens (including phenoxy) is 5. The maximum Gasteiger partial charge on any atom is 0.202 e. The number of aliphatic hydroxyl groups excluding tert-OH is 1. The van der Waals surface area contributed by atoms with Crippen LogP contribution < -0.4 is 10.1 Å². The molecule has 2 fully saturated rings. The maximum atomic E-state index is 13.9. The Kier molecular flexibility index (Phi) is 9.31. The van der Waals surface area contributed by atoms with Gasteiger partial charge in [0.05, 0.1) is 54.3 Å². The number of benzene rings is 2. The molecule has 4 unspecified atom stereocenters. The van der Waals surface area contributed by atoms with Crippen molar-refractivity contribution in [1.82, 2.24) is 5.32 Å². The third-order valence-electron chi connectivity index (χ3n) is 9.93. The first-order chi connectivity index (χ1) is 23.2. The van der Waals surface area contributed by atoms with Crippen LogP contribution in [0.4, 0.5) is 0 Å². The number of methoxy groups -OCH3 is 1. The summed E-state index contributed by atoms with van der Waals surface area (Å²) in [5, 5.41) is 58.1.